The van der Waals surface area contributed by atoms with E-state index in [-0.39, 0.29) is 0 Å². The molecule has 114 valence electrons. The predicted molar refractivity (Wildman–Crippen MR) is 91.3 cm³/mol. The van der Waals surface area contributed by atoms with E-state index in [4.69, 9.17) is 0 Å². The zero-order chi connectivity index (χ0) is 15.5. The summed E-state index contributed by atoms with van der Waals surface area (Å²) in [6, 6.07) is 8.77. The largest absolute Gasteiger partial charge is 0.385 e. The van der Waals surface area contributed by atoms with Gasteiger partial charge in [-0.25, -0.2) is 8.42 Å². The first kappa shape index (κ1) is 16.5. The highest BCUT2D eigenvalue weighted by molar-refractivity contribution is 9.10. The molecule has 0 atom stereocenters. The van der Waals surface area contributed by atoms with Crippen LogP contribution in [0.4, 0.5) is 5.69 Å². The van der Waals surface area contributed by atoms with Gasteiger partial charge in [-0.1, -0.05) is 0 Å². The van der Waals surface area contributed by atoms with Crippen molar-refractivity contribution in [3.05, 3.63) is 45.1 Å². The van der Waals surface area contributed by atoms with Crippen molar-refractivity contribution in [2.45, 2.75) is 18.4 Å². The zero-order valence-electron chi connectivity index (χ0n) is 11.8. The van der Waals surface area contributed by atoms with E-state index in [0.717, 1.165) is 21.6 Å². The first-order valence-electron chi connectivity index (χ1n) is 6.46. The molecule has 1 aromatic carbocycles. The van der Waals surface area contributed by atoms with Crippen molar-refractivity contribution < 1.29 is 8.42 Å². The van der Waals surface area contributed by atoms with Gasteiger partial charge in [0.15, 0.2) is 0 Å². The van der Waals surface area contributed by atoms with Crippen LogP contribution in [0.1, 0.15) is 11.8 Å². The van der Waals surface area contributed by atoms with Gasteiger partial charge in [0, 0.05) is 40.6 Å². The Bertz CT molecular complexity index is 696. The second kappa shape index (κ2) is 6.91. The number of hydrogen-bond donors (Lipinski definition) is 1. The molecular weight excluding hydrogens is 372 g/mol. The normalized spacial score (nSPS) is 11.8. The number of sulfonamides is 1. The third-order valence-electron chi connectivity index (χ3n) is 2.94. The fourth-order valence-electron chi connectivity index (χ4n) is 1.87. The lowest BCUT2D eigenvalue weighted by molar-refractivity contribution is 0.469. The maximum atomic E-state index is 12.5. The fourth-order valence-corrected chi connectivity index (χ4v) is 4.60. The van der Waals surface area contributed by atoms with E-state index in [0.29, 0.717) is 11.4 Å². The van der Waals surface area contributed by atoms with Crippen LogP contribution >= 0.6 is 27.3 Å². The third kappa shape index (κ3) is 4.06. The Morgan fingerprint density at radius 3 is 2.48 bits per heavy atom. The number of anilines is 1. The molecule has 7 heteroatoms. The summed E-state index contributed by atoms with van der Waals surface area (Å²) >= 11 is 4.91. The molecule has 1 N–H and O–H groups in total. The molecule has 0 fully saturated rings. The molecule has 0 bridgehead atoms. The average Bonchev–Trinajstić information content (AvgIpc) is 2.85. The molecule has 0 amide bonds. The molecule has 2 aromatic rings. The molecule has 0 aliphatic rings. The van der Waals surface area contributed by atoms with Crippen LogP contribution in [0.25, 0.3) is 0 Å². The number of hydrogen-bond acceptors (Lipinski definition) is 4. The molecular formula is C14H17BrN2O2S2. The molecule has 0 radical (unpaired) electrons. The van der Waals surface area contributed by atoms with Gasteiger partial charge in [-0.05, 0) is 53.2 Å². The van der Waals surface area contributed by atoms with E-state index < -0.39 is 10.0 Å². The van der Waals surface area contributed by atoms with E-state index in [1.54, 1.807) is 31.3 Å². The number of thiophene rings is 1. The first-order valence-corrected chi connectivity index (χ1v) is 9.58. The topological polar surface area (TPSA) is 49.4 Å². The Morgan fingerprint density at radius 1 is 1.29 bits per heavy atom. The maximum Gasteiger partial charge on any atom is 0.243 e. The fraction of sp³-hybridized carbons (Fsp3) is 0.286. The van der Waals surface area contributed by atoms with Crippen molar-refractivity contribution in [1.82, 2.24) is 4.31 Å². The summed E-state index contributed by atoms with van der Waals surface area (Å²) in [5.74, 6) is 0. The Kier molecular flexibility index (Phi) is 5.43. The standard InChI is InChI=1S/C14H17BrN2O2S2/c1-3-16-12-4-6-14(7-5-12)21(18,19)17(2)9-13-8-11(15)10-20-13/h4-8,10,16H,3,9H2,1-2H3. The molecule has 0 saturated carbocycles. The van der Waals surface area contributed by atoms with Crippen LogP contribution in [0.15, 0.2) is 45.1 Å². The van der Waals surface area contributed by atoms with Gasteiger partial charge in [0.05, 0.1) is 4.90 Å². The summed E-state index contributed by atoms with van der Waals surface area (Å²) < 4.78 is 27.4. The van der Waals surface area contributed by atoms with Crippen molar-refractivity contribution in [3.63, 3.8) is 0 Å². The second-order valence-corrected chi connectivity index (χ2v) is 8.50. The second-order valence-electron chi connectivity index (χ2n) is 4.55. The van der Waals surface area contributed by atoms with Crippen LogP contribution in [0.3, 0.4) is 0 Å². The minimum Gasteiger partial charge on any atom is -0.385 e. The zero-order valence-corrected chi connectivity index (χ0v) is 15.1. The first-order chi connectivity index (χ1) is 9.93. The van der Waals surface area contributed by atoms with Gasteiger partial charge >= 0.3 is 0 Å². The molecule has 4 nitrogen and oxygen atoms in total. The van der Waals surface area contributed by atoms with Crippen LogP contribution in [0, 0.1) is 0 Å². The Labute approximate surface area is 138 Å². The molecule has 0 spiro atoms. The lowest BCUT2D eigenvalue weighted by Crippen LogP contribution is -2.26. The van der Waals surface area contributed by atoms with Crippen LogP contribution in [0.2, 0.25) is 0 Å². The lowest BCUT2D eigenvalue weighted by atomic mass is 10.3. The van der Waals surface area contributed by atoms with Crippen molar-refractivity contribution >= 4 is 43.0 Å². The number of benzene rings is 1. The summed E-state index contributed by atoms with van der Waals surface area (Å²) in [6.07, 6.45) is 0. The van der Waals surface area contributed by atoms with E-state index >= 15 is 0 Å². The van der Waals surface area contributed by atoms with E-state index in [1.807, 2.05) is 18.4 Å². The third-order valence-corrected chi connectivity index (χ3v) is 6.44. The molecule has 1 aromatic heterocycles. The van der Waals surface area contributed by atoms with Gasteiger partial charge in [-0.2, -0.15) is 4.31 Å². The highest BCUT2D eigenvalue weighted by Crippen LogP contribution is 2.24. The highest BCUT2D eigenvalue weighted by atomic mass is 79.9. The van der Waals surface area contributed by atoms with Gasteiger partial charge in [0.25, 0.3) is 0 Å². The van der Waals surface area contributed by atoms with Gasteiger partial charge in [-0.3, -0.25) is 0 Å². The van der Waals surface area contributed by atoms with Crippen LogP contribution in [0.5, 0.6) is 0 Å². The van der Waals surface area contributed by atoms with Crippen LogP contribution in [-0.4, -0.2) is 26.3 Å². The summed E-state index contributed by atoms with van der Waals surface area (Å²) in [5.41, 5.74) is 0.918. The summed E-state index contributed by atoms with van der Waals surface area (Å²) in [7, 11) is -1.86. The summed E-state index contributed by atoms with van der Waals surface area (Å²) in [5, 5.41) is 5.09. The van der Waals surface area contributed by atoms with Gasteiger partial charge in [-0.15, -0.1) is 11.3 Å². The van der Waals surface area contributed by atoms with E-state index in [1.165, 1.54) is 15.6 Å². The Hall–Kier alpha value is -0.890. The Morgan fingerprint density at radius 2 is 1.95 bits per heavy atom. The maximum absolute atomic E-state index is 12.5. The monoisotopic (exact) mass is 388 g/mol. The number of rotatable bonds is 6. The molecule has 1 heterocycles. The minimum atomic E-state index is -3.46. The molecule has 0 saturated heterocycles. The Balaban J connectivity index is 2.16. The van der Waals surface area contributed by atoms with Crippen LogP contribution in [-0.2, 0) is 16.6 Å². The molecule has 0 aliphatic carbocycles. The molecule has 0 unspecified atom stereocenters. The number of nitrogens with zero attached hydrogens (tertiary/aromatic N) is 1. The summed E-state index contributed by atoms with van der Waals surface area (Å²) in [4.78, 5) is 1.31. The quantitative estimate of drug-likeness (QED) is 0.819. The minimum absolute atomic E-state index is 0.308. The van der Waals surface area contributed by atoms with Crippen molar-refractivity contribution in [1.29, 1.82) is 0 Å². The smallest absolute Gasteiger partial charge is 0.243 e. The van der Waals surface area contributed by atoms with Gasteiger partial charge in [0.1, 0.15) is 0 Å². The molecule has 0 aliphatic heterocycles. The lowest BCUT2D eigenvalue weighted by Gasteiger charge is -2.16. The predicted octanol–water partition coefficient (Wildman–Crippen LogP) is 3.76. The van der Waals surface area contributed by atoms with Crippen molar-refractivity contribution in [2.24, 2.45) is 0 Å². The van der Waals surface area contributed by atoms with Gasteiger partial charge < -0.3 is 5.32 Å². The number of halogens is 1. The van der Waals surface area contributed by atoms with E-state index in [9.17, 15) is 8.42 Å². The molecule has 2 rings (SSSR count). The average molecular weight is 389 g/mol. The van der Waals surface area contributed by atoms with Crippen molar-refractivity contribution in [3.8, 4) is 0 Å². The number of nitrogens with one attached hydrogen (secondary N) is 1. The van der Waals surface area contributed by atoms with Gasteiger partial charge in [0.2, 0.25) is 10.0 Å². The molecule has 21 heavy (non-hydrogen) atoms. The van der Waals surface area contributed by atoms with Crippen LogP contribution < -0.4 is 5.32 Å². The highest BCUT2D eigenvalue weighted by Gasteiger charge is 2.21. The van der Waals surface area contributed by atoms with E-state index in [2.05, 4.69) is 21.2 Å². The van der Waals surface area contributed by atoms with Crippen molar-refractivity contribution in [2.75, 3.05) is 18.9 Å². The SMILES string of the molecule is CCNc1ccc(S(=O)(=O)N(C)Cc2cc(Br)cs2)cc1. The summed E-state index contributed by atoms with van der Waals surface area (Å²) in [6.45, 7) is 3.17.